The van der Waals surface area contributed by atoms with Gasteiger partial charge in [0.2, 0.25) is 5.16 Å². The number of rotatable bonds is 6. The first kappa shape index (κ1) is 17.5. The van der Waals surface area contributed by atoms with Crippen molar-refractivity contribution in [2.75, 3.05) is 5.75 Å². The Morgan fingerprint density at radius 2 is 2.00 bits per heavy atom. The number of hydrogen-bond donors (Lipinski definition) is 1. The number of hydrogen-bond acceptors (Lipinski definition) is 5. The van der Waals surface area contributed by atoms with Gasteiger partial charge in [0.15, 0.2) is 0 Å². The van der Waals surface area contributed by atoms with E-state index < -0.39 is 0 Å². The van der Waals surface area contributed by atoms with Crippen molar-refractivity contribution >= 4 is 22.8 Å². The van der Waals surface area contributed by atoms with Crippen LogP contribution in [-0.2, 0) is 6.54 Å². The second-order valence-corrected chi connectivity index (χ2v) is 7.53. The highest BCUT2D eigenvalue weighted by atomic mass is 32.2. The summed E-state index contributed by atoms with van der Waals surface area (Å²) in [6.07, 6.45) is 0.839. The number of imidazole rings is 1. The number of tetrazole rings is 1. The number of nitrogens with one attached hydrogen (secondary N) is 1. The lowest BCUT2D eigenvalue weighted by molar-refractivity contribution is 0.678. The van der Waals surface area contributed by atoms with Gasteiger partial charge in [0, 0.05) is 12.3 Å². The zero-order valence-electron chi connectivity index (χ0n) is 15.2. The maximum atomic E-state index is 12.1. The van der Waals surface area contributed by atoms with Crippen molar-refractivity contribution in [1.82, 2.24) is 29.8 Å². The van der Waals surface area contributed by atoms with Gasteiger partial charge in [0.25, 0.3) is 0 Å². The Bertz CT molecular complexity index is 1140. The number of fused-ring (bicyclic) bond motifs is 1. The van der Waals surface area contributed by atoms with Crippen LogP contribution in [0.4, 0.5) is 0 Å². The van der Waals surface area contributed by atoms with Crippen LogP contribution in [0.1, 0.15) is 17.5 Å². The van der Waals surface area contributed by atoms with Gasteiger partial charge in [-0.05, 0) is 54.5 Å². The smallest absolute Gasteiger partial charge is 0.306 e. The second kappa shape index (κ2) is 7.40. The number of aromatic amines is 1. The van der Waals surface area contributed by atoms with Gasteiger partial charge in [-0.3, -0.25) is 4.57 Å². The summed E-state index contributed by atoms with van der Waals surface area (Å²) in [6, 6.07) is 14.0. The minimum Gasteiger partial charge on any atom is -0.306 e. The molecular weight excluding hydrogens is 360 g/mol. The number of thioether (sulfide) groups is 1. The molecule has 0 unspecified atom stereocenters. The number of nitrogens with zero attached hydrogens (tertiary/aromatic N) is 5. The normalized spacial score (nSPS) is 11.3. The lowest BCUT2D eigenvalue weighted by Gasteiger charge is -2.08. The van der Waals surface area contributed by atoms with E-state index in [-0.39, 0.29) is 5.69 Å². The molecule has 0 aliphatic heterocycles. The Labute approximate surface area is 160 Å². The molecule has 1 N–H and O–H groups in total. The van der Waals surface area contributed by atoms with Crippen molar-refractivity contribution in [2.24, 2.45) is 0 Å². The summed E-state index contributed by atoms with van der Waals surface area (Å²) in [5, 5.41) is 12.9. The largest absolute Gasteiger partial charge is 0.326 e. The van der Waals surface area contributed by atoms with Crippen molar-refractivity contribution < 1.29 is 0 Å². The average molecular weight is 380 g/mol. The first-order chi connectivity index (χ1) is 13.1. The molecule has 0 radical (unpaired) electrons. The molecule has 0 saturated heterocycles. The molecule has 8 heteroatoms. The van der Waals surface area contributed by atoms with E-state index in [9.17, 15) is 4.79 Å². The summed E-state index contributed by atoms with van der Waals surface area (Å²) >= 11 is 1.60. The molecule has 0 atom stereocenters. The van der Waals surface area contributed by atoms with Crippen LogP contribution in [0.15, 0.2) is 52.4 Å². The molecule has 4 rings (SSSR count). The summed E-state index contributed by atoms with van der Waals surface area (Å²) < 4.78 is 3.56. The van der Waals surface area contributed by atoms with E-state index in [2.05, 4.69) is 46.5 Å². The summed E-state index contributed by atoms with van der Waals surface area (Å²) in [5.74, 6) is 0.817. The molecule has 2 aromatic heterocycles. The average Bonchev–Trinajstić information content (AvgIpc) is 3.23. The van der Waals surface area contributed by atoms with E-state index in [1.165, 1.54) is 5.56 Å². The zero-order valence-corrected chi connectivity index (χ0v) is 16.0. The third-order valence-electron chi connectivity index (χ3n) is 4.46. The maximum absolute atomic E-state index is 12.1. The molecule has 27 heavy (non-hydrogen) atoms. The minimum absolute atomic E-state index is 0.0682. The predicted molar refractivity (Wildman–Crippen MR) is 107 cm³/mol. The summed E-state index contributed by atoms with van der Waals surface area (Å²) in [5.41, 5.74) is 5.07. The zero-order chi connectivity index (χ0) is 18.8. The molecule has 0 bridgehead atoms. The van der Waals surface area contributed by atoms with Crippen LogP contribution in [0.2, 0.25) is 0 Å². The fourth-order valence-electron chi connectivity index (χ4n) is 3.18. The Hall–Kier alpha value is -2.87. The van der Waals surface area contributed by atoms with Gasteiger partial charge in [0.05, 0.1) is 16.7 Å². The Balaban J connectivity index is 1.44. The van der Waals surface area contributed by atoms with Crippen molar-refractivity contribution in [3.8, 4) is 5.69 Å². The Morgan fingerprint density at radius 1 is 1.15 bits per heavy atom. The molecule has 0 fully saturated rings. The van der Waals surface area contributed by atoms with Crippen molar-refractivity contribution in [1.29, 1.82) is 0 Å². The predicted octanol–water partition coefficient (Wildman–Crippen LogP) is 3.10. The van der Waals surface area contributed by atoms with Crippen LogP contribution in [0.25, 0.3) is 16.7 Å². The maximum Gasteiger partial charge on any atom is 0.326 e. The molecule has 0 aliphatic carbocycles. The number of benzene rings is 2. The third kappa shape index (κ3) is 3.52. The number of aromatic nitrogens is 6. The van der Waals surface area contributed by atoms with Gasteiger partial charge in [-0.2, -0.15) is 4.68 Å². The van der Waals surface area contributed by atoms with Gasteiger partial charge in [-0.25, -0.2) is 4.79 Å². The summed E-state index contributed by atoms with van der Waals surface area (Å²) in [4.78, 5) is 15.0. The number of H-pyrrole nitrogens is 1. The summed E-state index contributed by atoms with van der Waals surface area (Å²) in [7, 11) is 0. The van der Waals surface area contributed by atoms with Gasteiger partial charge in [0.1, 0.15) is 0 Å². The van der Waals surface area contributed by atoms with Crippen molar-refractivity contribution in [3.63, 3.8) is 0 Å². The number of aryl methyl sites for hydroxylation is 3. The van der Waals surface area contributed by atoms with Gasteiger partial charge in [-0.15, -0.1) is 5.10 Å². The van der Waals surface area contributed by atoms with Crippen LogP contribution in [0.3, 0.4) is 0 Å². The van der Waals surface area contributed by atoms with Gasteiger partial charge in [-0.1, -0.05) is 41.6 Å². The first-order valence-electron chi connectivity index (χ1n) is 8.80. The van der Waals surface area contributed by atoms with Crippen LogP contribution >= 0.6 is 11.8 Å². The topological polar surface area (TPSA) is 81.4 Å². The Morgan fingerprint density at radius 3 is 2.85 bits per heavy atom. The quantitative estimate of drug-likeness (QED) is 0.411. The lowest BCUT2D eigenvalue weighted by atomic mass is 10.1. The highest BCUT2D eigenvalue weighted by Gasteiger charge is 2.11. The van der Waals surface area contributed by atoms with Gasteiger partial charge < -0.3 is 4.98 Å². The monoisotopic (exact) mass is 380 g/mol. The third-order valence-corrected chi connectivity index (χ3v) is 5.47. The molecule has 138 valence electrons. The van der Waals surface area contributed by atoms with Crippen molar-refractivity contribution in [3.05, 3.63) is 64.1 Å². The van der Waals surface area contributed by atoms with Crippen LogP contribution in [0.5, 0.6) is 0 Å². The molecule has 4 aromatic rings. The van der Waals surface area contributed by atoms with E-state index in [0.717, 1.165) is 39.6 Å². The fraction of sp³-hybridized carbons (Fsp3) is 0.263. The van der Waals surface area contributed by atoms with Gasteiger partial charge >= 0.3 is 5.69 Å². The highest BCUT2D eigenvalue weighted by molar-refractivity contribution is 7.99. The van der Waals surface area contributed by atoms with E-state index in [1.54, 1.807) is 21.0 Å². The van der Waals surface area contributed by atoms with E-state index in [0.29, 0.717) is 6.54 Å². The van der Waals surface area contributed by atoms with E-state index >= 15 is 0 Å². The molecule has 0 saturated carbocycles. The molecule has 0 aliphatic rings. The SMILES string of the molecule is Cc1ccc(-n2nnnc2SCCCn2c(=O)[nH]c3ccccc32)c(C)c1. The van der Waals surface area contributed by atoms with Crippen LogP contribution in [0, 0.1) is 13.8 Å². The lowest BCUT2D eigenvalue weighted by Crippen LogP contribution is -2.17. The van der Waals surface area contributed by atoms with Crippen molar-refractivity contribution in [2.45, 2.75) is 32.0 Å². The molecule has 2 heterocycles. The first-order valence-corrected chi connectivity index (χ1v) is 9.78. The van der Waals surface area contributed by atoms with Crippen LogP contribution in [-0.4, -0.2) is 35.5 Å². The second-order valence-electron chi connectivity index (χ2n) is 6.46. The minimum atomic E-state index is -0.0682. The molecule has 2 aromatic carbocycles. The summed E-state index contributed by atoms with van der Waals surface area (Å²) in [6.45, 7) is 4.78. The fourth-order valence-corrected chi connectivity index (χ4v) is 3.99. The van der Waals surface area contributed by atoms with E-state index in [4.69, 9.17) is 0 Å². The van der Waals surface area contributed by atoms with Crippen LogP contribution < -0.4 is 5.69 Å². The number of para-hydroxylation sites is 2. The molecule has 0 spiro atoms. The Kier molecular flexibility index (Phi) is 4.81. The molecular formula is C19H20N6OS. The molecule has 0 amide bonds. The standard InChI is InChI=1S/C19H20N6OS/c1-13-8-9-16(14(2)12-13)25-19(21-22-23-25)27-11-5-10-24-17-7-4-3-6-15(17)20-18(24)26/h3-4,6-9,12H,5,10-11H2,1-2H3,(H,20,26). The molecule has 7 nitrogen and oxygen atoms in total. The highest BCUT2D eigenvalue weighted by Crippen LogP contribution is 2.22. The van der Waals surface area contributed by atoms with E-state index in [1.807, 2.05) is 30.3 Å².